The van der Waals surface area contributed by atoms with Crippen molar-refractivity contribution in [3.05, 3.63) is 65.3 Å². The second-order valence-corrected chi connectivity index (χ2v) is 5.66. The second kappa shape index (κ2) is 5.85. The molecule has 0 radical (unpaired) electrons. The minimum Gasteiger partial charge on any atom is -0.296 e. The molecular weight excluding hydrogens is 282 g/mol. The lowest BCUT2D eigenvalue weighted by molar-refractivity contribution is 0.102. The summed E-state index contributed by atoms with van der Waals surface area (Å²) in [5, 5.41) is 3.38. The van der Waals surface area contributed by atoms with Crippen molar-refractivity contribution in [3.8, 4) is 11.3 Å². The fraction of sp³-hybridized carbons (Fsp3) is 0.0625. The molecule has 0 saturated heterocycles. The molecule has 0 spiro atoms. The second-order valence-electron chi connectivity index (χ2n) is 4.46. The number of hydrogen-bond donors (Lipinski definition) is 1. The topological polar surface area (TPSA) is 54.9 Å². The average molecular weight is 295 g/mol. The molecule has 4 nitrogen and oxygen atoms in total. The zero-order valence-electron chi connectivity index (χ0n) is 11.4. The smallest absolute Gasteiger partial charge is 0.276 e. The first-order valence-corrected chi connectivity index (χ1v) is 7.31. The minimum atomic E-state index is -0.246. The van der Waals surface area contributed by atoms with Crippen LogP contribution in [0, 0.1) is 6.92 Å². The summed E-state index contributed by atoms with van der Waals surface area (Å²) < 4.78 is 0. The van der Waals surface area contributed by atoms with Crippen LogP contribution in [0.5, 0.6) is 0 Å². The van der Waals surface area contributed by atoms with Crippen molar-refractivity contribution in [1.82, 2.24) is 9.97 Å². The van der Waals surface area contributed by atoms with Gasteiger partial charge in [0, 0.05) is 16.6 Å². The largest absolute Gasteiger partial charge is 0.296 e. The Hall–Kier alpha value is -2.53. The predicted octanol–water partition coefficient (Wildman–Crippen LogP) is 3.77. The highest BCUT2D eigenvalue weighted by Crippen LogP contribution is 2.30. The van der Waals surface area contributed by atoms with Crippen molar-refractivity contribution >= 4 is 22.4 Å². The number of hydrogen-bond acceptors (Lipinski definition) is 4. The molecule has 3 aromatic rings. The van der Waals surface area contributed by atoms with E-state index in [-0.39, 0.29) is 5.91 Å². The van der Waals surface area contributed by atoms with Gasteiger partial charge in [-0.05, 0) is 19.1 Å². The first-order valence-electron chi connectivity index (χ1n) is 6.49. The van der Waals surface area contributed by atoms with E-state index in [0.29, 0.717) is 10.8 Å². The monoisotopic (exact) mass is 295 g/mol. The molecule has 0 aliphatic heterocycles. The van der Waals surface area contributed by atoms with E-state index in [2.05, 4.69) is 15.3 Å². The van der Waals surface area contributed by atoms with Gasteiger partial charge in [0.1, 0.15) is 5.69 Å². The number of aryl methyl sites for hydroxylation is 1. The number of carbonyl (C=O) groups is 1. The van der Waals surface area contributed by atoms with Crippen LogP contribution in [0.1, 0.15) is 15.4 Å². The highest BCUT2D eigenvalue weighted by atomic mass is 32.1. The fourth-order valence-corrected chi connectivity index (χ4v) is 2.80. The number of nitrogens with zero attached hydrogens (tertiary/aromatic N) is 2. The molecule has 5 heteroatoms. The van der Waals surface area contributed by atoms with E-state index in [4.69, 9.17) is 0 Å². The molecule has 1 amide bonds. The lowest BCUT2D eigenvalue weighted by atomic mass is 10.1. The number of anilines is 1. The Bertz CT molecular complexity index is 754. The quantitative estimate of drug-likeness (QED) is 0.800. The SMILES string of the molecule is Cc1sc(NC(=O)c2ccccn2)nc1-c1ccccc1. The number of nitrogens with one attached hydrogen (secondary N) is 1. The van der Waals surface area contributed by atoms with Crippen LogP contribution >= 0.6 is 11.3 Å². The fourth-order valence-electron chi connectivity index (χ4n) is 1.97. The lowest BCUT2D eigenvalue weighted by Gasteiger charge is -2.00. The number of amides is 1. The molecule has 104 valence electrons. The van der Waals surface area contributed by atoms with Gasteiger partial charge in [-0.15, -0.1) is 11.3 Å². The van der Waals surface area contributed by atoms with Gasteiger partial charge in [-0.25, -0.2) is 4.98 Å². The highest BCUT2D eigenvalue weighted by molar-refractivity contribution is 7.16. The number of carbonyl (C=O) groups excluding carboxylic acids is 1. The summed E-state index contributed by atoms with van der Waals surface area (Å²) in [5.74, 6) is -0.246. The molecule has 0 atom stereocenters. The van der Waals surface area contributed by atoms with Crippen molar-refractivity contribution in [2.75, 3.05) is 5.32 Å². The standard InChI is InChI=1S/C16H13N3OS/c1-11-14(12-7-3-2-4-8-12)18-16(21-11)19-15(20)13-9-5-6-10-17-13/h2-10H,1H3,(H,18,19,20). The molecule has 0 aliphatic carbocycles. The van der Waals surface area contributed by atoms with E-state index in [1.165, 1.54) is 11.3 Å². The number of rotatable bonds is 3. The summed E-state index contributed by atoms with van der Waals surface area (Å²) in [6.07, 6.45) is 1.59. The van der Waals surface area contributed by atoms with Crippen molar-refractivity contribution in [2.24, 2.45) is 0 Å². The van der Waals surface area contributed by atoms with E-state index >= 15 is 0 Å². The van der Waals surface area contributed by atoms with Crippen LogP contribution in [0.25, 0.3) is 11.3 Å². The molecular formula is C16H13N3OS. The van der Waals surface area contributed by atoms with E-state index < -0.39 is 0 Å². The van der Waals surface area contributed by atoms with Gasteiger partial charge in [0.25, 0.3) is 5.91 Å². The normalized spacial score (nSPS) is 10.3. The van der Waals surface area contributed by atoms with Gasteiger partial charge in [0.2, 0.25) is 0 Å². The first kappa shape index (κ1) is 13.5. The summed E-state index contributed by atoms with van der Waals surface area (Å²) in [6, 6.07) is 15.2. The van der Waals surface area contributed by atoms with Crippen LogP contribution in [0.4, 0.5) is 5.13 Å². The molecule has 1 aromatic carbocycles. The Labute approximate surface area is 126 Å². The van der Waals surface area contributed by atoms with E-state index in [9.17, 15) is 4.79 Å². The molecule has 21 heavy (non-hydrogen) atoms. The maximum atomic E-state index is 12.1. The number of thiazole rings is 1. The van der Waals surface area contributed by atoms with Crippen LogP contribution in [0.2, 0.25) is 0 Å². The molecule has 2 aromatic heterocycles. The Morgan fingerprint density at radius 1 is 1.10 bits per heavy atom. The highest BCUT2D eigenvalue weighted by Gasteiger charge is 2.13. The van der Waals surface area contributed by atoms with E-state index in [1.54, 1.807) is 24.4 Å². The third kappa shape index (κ3) is 2.98. The zero-order valence-corrected chi connectivity index (χ0v) is 12.2. The van der Waals surface area contributed by atoms with Gasteiger partial charge >= 0.3 is 0 Å². The van der Waals surface area contributed by atoms with Gasteiger partial charge in [0.15, 0.2) is 5.13 Å². The zero-order chi connectivity index (χ0) is 14.7. The maximum Gasteiger partial charge on any atom is 0.276 e. The lowest BCUT2D eigenvalue weighted by Crippen LogP contribution is -2.13. The molecule has 0 bridgehead atoms. The first-order chi connectivity index (χ1) is 10.2. The van der Waals surface area contributed by atoms with Crippen LogP contribution < -0.4 is 5.32 Å². The molecule has 0 fully saturated rings. The number of aromatic nitrogens is 2. The van der Waals surface area contributed by atoms with Crippen molar-refractivity contribution in [2.45, 2.75) is 6.92 Å². The van der Waals surface area contributed by atoms with Crippen molar-refractivity contribution in [3.63, 3.8) is 0 Å². The van der Waals surface area contributed by atoms with Gasteiger partial charge in [-0.3, -0.25) is 15.1 Å². The third-order valence-electron chi connectivity index (χ3n) is 2.96. The molecule has 0 unspecified atom stereocenters. The van der Waals surface area contributed by atoms with Crippen LogP contribution in [0.3, 0.4) is 0 Å². The summed E-state index contributed by atoms with van der Waals surface area (Å²) in [7, 11) is 0. The minimum absolute atomic E-state index is 0.246. The predicted molar refractivity (Wildman–Crippen MR) is 84.5 cm³/mol. The Morgan fingerprint density at radius 2 is 1.86 bits per heavy atom. The molecule has 3 rings (SSSR count). The molecule has 0 aliphatic rings. The molecule has 0 saturated carbocycles. The Balaban J connectivity index is 1.84. The molecule has 2 heterocycles. The Kier molecular flexibility index (Phi) is 3.75. The van der Waals surface area contributed by atoms with Gasteiger partial charge in [-0.2, -0.15) is 0 Å². The molecule has 1 N–H and O–H groups in total. The van der Waals surface area contributed by atoms with Gasteiger partial charge < -0.3 is 0 Å². The summed E-state index contributed by atoms with van der Waals surface area (Å²) in [5.41, 5.74) is 2.33. The summed E-state index contributed by atoms with van der Waals surface area (Å²) >= 11 is 1.46. The third-order valence-corrected chi connectivity index (χ3v) is 3.85. The van der Waals surface area contributed by atoms with Crippen LogP contribution in [-0.4, -0.2) is 15.9 Å². The summed E-state index contributed by atoms with van der Waals surface area (Å²) in [4.78, 5) is 21.7. The number of benzene rings is 1. The Morgan fingerprint density at radius 3 is 2.57 bits per heavy atom. The van der Waals surface area contributed by atoms with Crippen LogP contribution in [0.15, 0.2) is 54.7 Å². The average Bonchev–Trinajstić information content (AvgIpc) is 2.89. The number of pyridine rings is 1. The van der Waals surface area contributed by atoms with E-state index in [1.807, 2.05) is 37.3 Å². The van der Waals surface area contributed by atoms with Crippen molar-refractivity contribution in [1.29, 1.82) is 0 Å². The summed E-state index contributed by atoms with van der Waals surface area (Å²) in [6.45, 7) is 2.00. The van der Waals surface area contributed by atoms with Crippen LogP contribution in [-0.2, 0) is 0 Å². The van der Waals surface area contributed by atoms with Crippen molar-refractivity contribution < 1.29 is 4.79 Å². The maximum absolute atomic E-state index is 12.1. The van der Waals surface area contributed by atoms with Gasteiger partial charge in [-0.1, -0.05) is 36.4 Å². The van der Waals surface area contributed by atoms with Gasteiger partial charge in [0.05, 0.1) is 5.69 Å². The van der Waals surface area contributed by atoms with E-state index in [0.717, 1.165) is 16.1 Å².